The molecule has 0 heterocycles. The van der Waals surface area contributed by atoms with E-state index in [0.717, 1.165) is 64.2 Å². The highest BCUT2D eigenvalue weighted by Gasteiger charge is 2.27. The van der Waals surface area contributed by atoms with Gasteiger partial charge in [-0.25, -0.2) is 4.57 Å². The monoisotopic (exact) mass is 590 g/mol. The minimum atomic E-state index is -4.35. The van der Waals surface area contributed by atoms with Gasteiger partial charge in [0.1, 0.15) is 19.8 Å². The first-order chi connectivity index (χ1) is 19.0. The Morgan fingerprint density at radius 2 is 1.40 bits per heavy atom. The van der Waals surface area contributed by atoms with Gasteiger partial charge in [0.05, 0.1) is 27.7 Å². The fraction of sp³-hybridized carbons (Fsp3) is 0.800. The van der Waals surface area contributed by atoms with Crippen LogP contribution in [-0.2, 0) is 32.7 Å². The Hall–Kier alpha value is -1.51. The lowest BCUT2D eigenvalue weighted by molar-refractivity contribution is -0.870. The maximum Gasteiger partial charge on any atom is 0.472 e. The number of rotatable bonds is 26. The van der Waals surface area contributed by atoms with Crippen LogP contribution in [0.1, 0.15) is 104 Å². The van der Waals surface area contributed by atoms with Gasteiger partial charge in [0.15, 0.2) is 6.10 Å². The molecular formula is C30H57NO8P+. The molecule has 0 aromatic carbocycles. The maximum absolute atomic E-state index is 12.4. The second-order valence-corrected chi connectivity index (χ2v) is 12.6. The third-order valence-corrected chi connectivity index (χ3v) is 6.95. The van der Waals surface area contributed by atoms with Crippen LogP contribution in [0.4, 0.5) is 0 Å². The molecule has 1 N–H and O–H groups in total. The first-order valence-electron chi connectivity index (χ1n) is 15.1. The number of hydrogen-bond donors (Lipinski definition) is 1. The highest BCUT2D eigenvalue weighted by molar-refractivity contribution is 7.47. The fourth-order valence-corrected chi connectivity index (χ4v) is 4.26. The number of hydrogen-bond acceptors (Lipinski definition) is 7. The summed E-state index contributed by atoms with van der Waals surface area (Å²) in [5.41, 5.74) is 0. The van der Waals surface area contributed by atoms with Gasteiger partial charge in [-0.15, -0.1) is 0 Å². The number of phosphoric acid groups is 1. The SMILES string of the molecule is CCC/C=C\C/C=C\CCCCCCCC(=O)OC(COC(=O)CCCCC)COP(=O)(O)OCC[N+](C)(C)C. The molecule has 0 amide bonds. The Labute approximate surface area is 243 Å². The van der Waals surface area contributed by atoms with E-state index < -0.39 is 32.5 Å². The lowest BCUT2D eigenvalue weighted by Crippen LogP contribution is -2.37. The van der Waals surface area contributed by atoms with Crippen LogP contribution in [0.15, 0.2) is 24.3 Å². The van der Waals surface area contributed by atoms with E-state index in [-0.39, 0.29) is 26.1 Å². The number of nitrogens with zero attached hydrogens (tertiary/aromatic N) is 1. The van der Waals surface area contributed by atoms with Gasteiger partial charge in [0.2, 0.25) is 0 Å². The number of allylic oxidation sites excluding steroid dienone is 4. The molecule has 40 heavy (non-hydrogen) atoms. The molecule has 0 bridgehead atoms. The van der Waals surface area contributed by atoms with Gasteiger partial charge < -0.3 is 18.9 Å². The standard InChI is InChI=1S/C30H56NO8P/c1-6-8-10-11-12-13-14-15-16-17-18-19-21-23-30(33)39-28(26-36-29(32)22-20-9-7-2)27-38-40(34,35)37-25-24-31(3,4)5/h10-11,13-14,28H,6-9,12,15-27H2,1-5H3/p+1/b11-10-,14-13-. The topological polar surface area (TPSA) is 108 Å². The highest BCUT2D eigenvalue weighted by atomic mass is 31.2. The summed E-state index contributed by atoms with van der Waals surface area (Å²) in [4.78, 5) is 34.4. The van der Waals surface area contributed by atoms with Crippen molar-refractivity contribution in [3.63, 3.8) is 0 Å². The molecule has 0 aliphatic rings. The van der Waals surface area contributed by atoms with Crippen molar-refractivity contribution in [2.24, 2.45) is 0 Å². The van der Waals surface area contributed by atoms with E-state index in [2.05, 4.69) is 31.2 Å². The van der Waals surface area contributed by atoms with Gasteiger partial charge in [0, 0.05) is 12.8 Å². The summed E-state index contributed by atoms with van der Waals surface area (Å²) < 4.78 is 33.6. The number of likely N-dealkylation sites (N-methyl/N-ethyl adjacent to an activating group) is 1. The van der Waals surface area contributed by atoms with Crippen LogP contribution in [-0.4, -0.2) is 74.9 Å². The molecule has 234 valence electrons. The quantitative estimate of drug-likeness (QED) is 0.0381. The number of unbranched alkanes of at least 4 members (excludes halogenated alkanes) is 8. The number of quaternary nitrogens is 1. The van der Waals surface area contributed by atoms with Crippen LogP contribution in [0, 0.1) is 0 Å². The normalized spacial score (nSPS) is 14.4. The smallest absolute Gasteiger partial charge is 0.462 e. The second kappa shape index (κ2) is 24.1. The molecule has 0 aromatic rings. The number of esters is 2. The fourth-order valence-electron chi connectivity index (χ4n) is 3.52. The number of ether oxygens (including phenoxy) is 2. The lowest BCUT2D eigenvalue weighted by atomic mass is 10.1. The van der Waals surface area contributed by atoms with E-state index in [1.54, 1.807) is 0 Å². The summed E-state index contributed by atoms with van der Waals surface area (Å²) >= 11 is 0. The van der Waals surface area contributed by atoms with Gasteiger partial charge in [-0.05, 0) is 38.5 Å². The molecule has 0 spiro atoms. The number of phosphoric ester groups is 1. The molecule has 0 fully saturated rings. The lowest BCUT2D eigenvalue weighted by Gasteiger charge is -2.24. The summed E-state index contributed by atoms with van der Waals surface area (Å²) in [6, 6.07) is 0. The number of carbonyl (C=O) groups excluding carboxylic acids is 2. The van der Waals surface area contributed by atoms with E-state index in [0.29, 0.717) is 17.4 Å². The average molecular weight is 591 g/mol. The molecule has 0 saturated heterocycles. The van der Waals surface area contributed by atoms with Gasteiger partial charge in [0.25, 0.3) is 0 Å². The molecule has 10 heteroatoms. The zero-order valence-electron chi connectivity index (χ0n) is 25.8. The predicted molar refractivity (Wildman–Crippen MR) is 160 cm³/mol. The zero-order chi connectivity index (χ0) is 30.1. The second-order valence-electron chi connectivity index (χ2n) is 11.1. The molecule has 0 rings (SSSR count). The van der Waals surface area contributed by atoms with Crippen LogP contribution >= 0.6 is 7.82 Å². The van der Waals surface area contributed by atoms with Crippen LogP contribution in [0.3, 0.4) is 0 Å². The van der Waals surface area contributed by atoms with Crippen molar-refractivity contribution >= 4 is 19.8 Å². The zero-order valence-corrected chi connectivity index (χ0v) is 26.7. The summed E-state index contributed by atoms with van der Waals surface area (Å²) in [5.74, 6) is -0.850. The molecule has 0 radical (unpaired) electrons. The van der Waals surface area contributed by atoms with Crippen LogP contribution in [0.5, 0.6) is 0 Å². The van der Waals surface area contributed by atoms with Gasteiger partial charge >= 0.3 is 19.8 Å². The summed E-state index contributed by atoms with van der Waals surface area (Å²) in [7, 11) is 1.46. The molecule has 0 aliphatic heterocycles. The molecule has 9 nitrogen and oxygen atoms in total. The average Bonchev–Trinajstić information content (AvgIpc) is 2.87. The van der Waals surface area contributed by atoms with Gasteiger partial charge in [-0.3, -0.25) is 18.6 Å². The first kappa shape index (κ1) is 38.5. The Balaban J connectivity index is 4.44. The van der Waals surface area contributed by atoms with Crippen LogP contribution < -0.4 is 0 Å². The van der Waals surface area contributed by atoms with Crippen LogP contribution in [0.25, 0.3) is 0 Å². The van der Waals surface area contributed by atoms with E-state index in [9.17, 15) is 19.0 Å². The summed E-state index contributed by atoms with van der Waals surface area (Å²) in [6.45, 7) is 4.11. The van der Waals surface area contributed by atoms with Crippen LogP contribution in [0.2, 0.25) is 0 Å². The Morgan fingerprint density at radius 1 is 0.775 bits per heavy atom. The van der Waals surface area contributed by atoms with Crippen molar-refractivity contribution in [1.82, 2.24) is 0 Å². The highest BCUT2D eigenvalue weighted by Crippen LogP contribution is 2.43. The molecule has 0 aliphatic carbocycles. The van der Waals surface area contributed by atoms with Gasteiger partial charge in [-0.2, -0.15) is 0 Å². The number of carbonyl (C=O) groups is 2. The minimum Gasteiger partial charge on any atom is -0.462 e. The Kier molecular flexibility index (Phi) is 23.2. The summed E-state index contributed by atoms with van der Waals surface area (Å²) in [5, 5.41) is 0. The van der Waals surface area contributed by atoms with E-state index in [4.69, 9.17) is 18.5 Å². The third-order valence-electron chi connectivity index (χ3n) is 5.97. The largest absolute Gasteiger partial charge is 0.472 e. The minimum absolute atomic E-state index is 0.0286. The molecule has 0 saturated carbocycles. The molecule has 2 unspecified atom stereocenters. The van der Waals surface area contributed by atoms with E-state index in [1.165, 1.54) is 6.42 Å². The van der Waals surface area contributed by atoms with Crippen molar-refractivity contribution in [2.45, 2.75) is 110 Å². The Morgan fingerprint density at radius 3 is 2.08 bits per heavy atom. The Bertz CT molecular complexity index is 763. The van der Waals surface area contributed by atoms with Crippen molar-refractivity contribution in [2.75, 3.05) is 47.5 Å². The molecule has 2 atom stereocenters. The molecular weight excluding hydrogens is 533 g/mol. The van der Waals surface area contributed by atoms with Gasteiger partial charge in [-0.1, -0.05) is 76.7 Å². The van der Waals surface area contributed by atoms with Crippen molar-refractivity contribution in [3.8, 4) is 0 Å². The van der Waals surface area contributed by atoms with Crippen molar-refractivity contribution in [3.05, 3.63) is 24.3 Å². The maximum atomic E-state index is 12.4. The van der Waals surface area contributed by atoms with Crippen molar-refractivity contribution in [1.29, 1.82) is 0 Å². The first-order valence-corrected chi connectivity index (χ1v) is 16.6. The summed E-state index contributed by atoms with van der Waals surface area (Å²) in [6.07, 6.45) is 20.2. The molecule has 0 aromatic heterocycles. The van der Waals surface area contributed by atoms with Crippen molar-refractivity contribution < 1.29 is 42.1 Å². The van der Waals surface area contributed by atoms with E-state index in [1.807, 2.05) is 28.1 Å². The third kappa shape index (κ3) is 26.7. The van der Waals surface area contributed by atoms with E-state index >= 15 is 0 Å². The predicted octanol–water partition coefficient (Wildman–Crippen LogP) is 6.89.